The normalized spacial score (nSPS) is 19.4. The van der Waals surface area contributed by atoms with Crippen molar-refractivity contribution in [3.05, 3.63) is 22.8 Å². The van der Waals surface area contributed by atoms with Crippen LogP contribution in [0.2, 0.25) is 0 Å². The van der Waals surface area contributed by atoms with E-state index in [-0.39, 0.29) is 0 Å². The van der Waals surface area contributed by atoms with Gasteiger partial charge in [-0.3, -0.25) is 0 Å². The number of halogens is 1. The van der Waals surface area contributed by atoms with Crippen molar-refractivity contribution in [1.29, 1.82) is 0 Å². The van der Waals surface area contributed by atoms with E-state index < -0.39 is 18.3 Å². The van der Waals surface area contributed by atoms with Crippen LogP contribution in [0.25, 0.3) is 0 Å². The van der Waals surface area contributed by atoms with Crippen LogP contribution in [0.3, 0.4) is 0 Å². The van der Waals surface area contributed by atoms with E-state index in [1.165, 1.54) is 0 Å². The summed E-state index contributed by atoms with van der Waals surface area (Å²) in [5, 5.41) is 10.6. The number of aliphatic hydroxyl groups excluding tert-OH is 1. The van der Waals surface area contributed by atoms with Crippen LogP contribution >= 0.6 is 11.6 Å². The molecule has 1 rings (SSSR count). The molecule has 0 fully saturated rings. The Morgan fingerprint density at radius 2 is 2.44 bits per heavy atom. The molecule has 0 saturated heterocycles. The molecular weight excluding hydrogens is 230 g/mol. The summed E-state index contributed by atoms with van der Waals surface area (Å²) in [7, 11) is 0. The lowest BCUT2D eigenvalue weighted by Gasteiger charge is -2.24. The summed E-state index contributed by atoms with van der Waals surface area (Å²) in [6, 6.07) is 0. The van der Waals surface area contributed by atoms with E-state index in [2.05, 4.69) is 0 Å². The van der Waals surface area contributed by atoms with Gasteiger partial charge in [0.25, 0.3) is 0 Å². The summed E-state index contributed by atoms with van der Waals surface area (Å²) in [5.74, 6) is 0. The largest absolute Gasteiger partial charge is 0.443 e. The predicted molar refractivity (Wildman–Crippen MR) is 62.0 cm³/mol. The molecule has 0 heterocycles. The average molecular weight is 246 g/mol. The number of aliphatic hydroxyl groups is 1. The lowest BCUT2D eigenvalue weighted by atomic mass is 9.97. The van der Waals surface area contributed by atoms with Gasteiger partial charge >= 0.3 is 6.09 Å². The molecule has 0 radical (unpaired) electrons. The van der Waals surface area contributed by atoms with Crippen LogP contribution in [0.1, 0.15) is 26.2 Å². The fourth-order valence-electron chi connectivity index (χ4n) is 1.63. The summed E-state index contributed by atoms with van der Waals surface area (Å²) in [5.41, 5.74) is 5.54. The molecule has 0 saturated carbocycles. The van der Waals surface area contributed by atoms with Crippen LogP contribution < -0.4 is 5.73 Å². The Hall–Kier alpha value is -1.00. The number of hydrogen-bond donors (Lipinski definition) is 2. The molecular formula is C11H16ClNO3. The number of amides is 1. The molecule has 0 aliphatic heterocycles. The number of hydrogen-bond acceptors (Lipinski definition) is 3. The minimum atomic E-state index is -0.915. The summed E-state index contributed by atoms with van der Waals surface area (Å²) in [6.07, 6.45) is 3.30. The van der Waals surface area contributed by atoms with Crippen molar-refractivity contribution < 1.29 is 14.6 Å². The van der Waals surface area contributed by atoms with Gasteiger partial charge in [-0.25, -0.2) is 4.79 Å². The highest BCUT2D eigenvalue weighted by molar-refractivity contribution is 6.30. The molecule has 90 valence electrons. The maximum absolute atomic E-state index is 10.7. The van der Waals surface area contributed by atoms with E-state index >= 15 is 0 Å². The zero-order chi connectivity index (χ0) is 12.1. The maximum Gasteiger partial charge on any atom is 0.404 e. The first-order valence-electron chi connectivity index (χ1n) is 5.25. The Kier molecular flexibility index (Phi) is 4.83. The summed E-state index contributed by atoms with van der Waals surface area (Å²) in [6.45, 7) is 1.80. The molecule has 5 heteroatoms. The third-order valence-corrected chi connectivity index (χ3v) is 2.89. The Morgan fingerprint density at radius 3 is 2.94 bits per heavy atom. The van der Waals surface area contributed by atoms with Crippen LogP contribution in [0.5, 0.6) is 0 Å². The van der Waals surface area contributed by atoms with Gasteiger partial charge in [0.05, 0.1) is 0 Å². The smallest absolute Gasteiger partial charge is 0.404 e. The van der Waals surface area contributed by atoms with Crippen molar-refractivity contribution in [3.63, 3.8) is 0 Å². The van der Waals surface area contributed by atoms with Gasteiger partial charge in [0.2, 0.25) is 0 Å². The van der Waals surface area contributed by atoms with Gasteiger partial charge < -0.3 is 15.6 Å². The predicted octanol–water partition coefficient (Wildman–Crippen LogP) is 2.06. The Labute approximate surface area is 99.7 Å². The van der Waals surface area contributed by atoms with Crippen molar-refractivity contribution in [3.8, 4) is 0 Å². The fourth-order valence-corrected chi connectivity index (χ4v) is 1.92. The lowest BCUT2D eigenvalue weighted by molar-refractivity contribution is 0.0237. The monoisotopic (exact) mass is 245 g/mol. The second-order valence-electron chi connectivity index (χ2n) is 3.63. The fraction of sp³-hybridized carbons (Fsp3) is 0.545. The number of nitrogens with two attached hydrogens (primary N) is 1. The molecule has 4 nitrogen and oxygen atoms in total. The van der Waals surface area contributed by atoms with Crippen molar-refractivity contribution >= 4 is 17.7 Å². The zero-order valence-corrected chi connectivity index (χ0v) is 9.91. The topological polar surface area (TPSA) is 72.5 Å². The molecule has 3 N–H and O–H groups in total. The Morgan fingerprint density at radius 1 is 1.75 bits per heavy atom. The van der Waals surface area contributed by atoms with Gasteiger partial charge in [0.15, 0.2) is 0 Å². The molecule has 0 unspecified atom stereocenters. The van der Waals surface area contributed by atoms with Crippen LogP contribution in [0.15, 0.2) is 22.8 Å². The highest BCUT2D eigenvalue weighted by atomic mass is 35.5. The van der Waals surface area contributed by atoms with Gasteiger partial charge in [0.1, 0.15) is 12.2 Å². The highest BCUT2D eigenvalue weighted by Gasteiger charge is 2.25. The van der Waals surface area contributed by atoms with Crippen LogP contribution in [-0.2, 0) is 4.74 Å². The minimum Gasteiger partial charge on any atom is -0.443 e. The van der Waals surface area contributed by atoms with E-state index in [0.717, 1.165) is 6.42 Å². The second kappa shape index (κ2) is 5.92. The molecule has 0 bridgehead atoms. The van der Waals surface area contributed by atoms with Crippen LogP contribution in [0, 0.1) is 0 Å². The van der Waals surface area contributed by atoms with Crippen molar-refractivity contribution in [2.75, 3.05) is 0 Å². The molecule has 1 aliphatic rings. The number of ether oxygens (including phenoxy) is 1. The number of carbonyl (C=O) groups is 1. The average Bonchev–Trinajstić information content (AvgIpc) is 2.25. The van der Waals surface area contributed by atoms with Crippen LogP contribution in [-0.4, -0.2) is 23.4 Å². The molecule has 0 aromatic rings. The SMILES string of the molecule is CC[C@H](OC(N)=O)[C@@H](O)C1=C(Cl)CCC=C1. The lowest BCUT2D eigenvalue weighted by Crippen LogP contribution is -2.34. The van der Waals surface area contributed by atoms with E-state index in [1.54, 1.807) is 13.0 Å². The number of rotatable bonds is 4. The summed E-state index contributed by atoms with van der Waals surface area (Å²) < 4.78 is 4.82. The van der Waals surface area contributed by atoms with E-state index in [1.807, 2.05) is 6.08 Å². The van der Waals surface area contributed by atoms with E-state index in [4.69, 9.17) is 22.1 Å². The first-order valence-corrected chi connectivity index (χ1v) is 5.63. The Bertz CT molecular complexity index is 325. The Balaban J connectivity index is 2.78. The van der Waals surface area contributed by atoms with Gasteiger partial charge in [-0.05, 0) is 24.8 Å². The first kappa shape index (κ1) is 13.1. The van der Waals surface area contributed by atoms with Gasteiger partial charge in [-0.15, -0.1) is 0 Å². The number of allylic oxidation sites excluding steroid dienone is 2. The molecule has 16 heavy (non-hydrogen) atoms. The highest BCUT2D eigenvalue weighted by Crippen LogP contribution is 2.27. The molecule has 1 aliphatic carbocycles. The van der Waals surface area contributed by atoms with Crippen LogP contribution in [0.4, 0.5) is 4.79 Å². The standard InChI is InChI=1S/C11H16ClNO3/c1-2-9(16-11(13)15)10(14)7-5-3-4-6-8(7)12/h3,5,9-10,14H,2,4,6H2,1H3,(H2,13,15)/t9-,10-/m0/s1. The molecule has 0 spiro atoms. The first-order chi connectivity index (χ1) is 7.56. The molecule has 2 atom stereocenters. The molecule has 1 amide bonds. The summed E-state index contributed by atoms with van der Waals surface area (Å²) in [4.78, 5) is 10.7. The van der Waals surface area contributed by atoms with E-state index in [9.17, 15) is 9.90 Å². The van der Waals surface area contributed by atoms with Gasteiger partial charge in [-0.2, -0.15) is 0 Å². The van der Waals surface area contributed by atoms with Crippen molar-refractivity contribution in [1.82, 2.24) is 0 Å². The second-order valence-corrected chi connectivity index (χ2v) is 4.09. The third kappa shape index (κ3) is 3.25. The van der Waals surface area contributed by atoms with Crippen molar-refractivity contribution in [2.24, 2.45) is 5.73 Å². The summed E-state index contributed by atoms with van der Waals surface area (Å²) >= 11 is 6.01. The maximum atomic E-state index is 10.7. The van der Waals surface area contributed by atoms with Crippen molar-refractivity contribution in [2.45, 2.75) is 38.4 Å². The van der Waals surface area contributed by atoms with E-state index in [0.29, 0.717) is 23.4 Å². The number of primary amides is 1. The quantitative estimate of drug-likeness (QED) is 0.796. The molecule has 0 aromatic carbocycles. The van der Waals surface area contributed by atoms with Gasteiger partial charge in [0, 0.05) is 5.03 Å². The molecule has 0 aromatic heterocycles. The third-order valence-electron chi connectivity index (χ3n) is 2.48. The zero-order valence-electron chi connectivity index (χ0n) is 9.15. The van der Waals surface area contributed by atoms with Gasteiger partial charge in [-0.1, -0.05) is 30.7 Å². The minimum absolute atomic E-state index is 0.478. The number of carbonyl (C=O) groups excluding carboxylic acids is 1.